The first-order valence-corrected chi connectivity index (χ1v) is 4.36. The summed E-state index contributed by atoms with van der Waals surface area (Å²) in [5.41, 5.74) is 0. The molecule has 0 atom stereocenters. The highest BCUT2D eigenvalue weighted by Gasteiger charge is 2.15. The fourth-order valence-corrected chi connectivity index (χ4v) is 0.639. The number of ether oxygens (including phenoxy) is 2. The van der Waals surface area contributed by atoms with Crippen molar-refractivity contribution in [3.63, 3.8) is 0 Å². The Bertz CT molecular complexity index is 261. The Morgan fingerprint density at radius 3 is 2.40 bits per heavy atom. The van der Waals surface area contributed by atoms with Crippen molar-refractivity contribution in [1.29, 1.82) is 0 Å². The lowest BCUT2D eigenvalue weighted by molar-refractivity contribution is -0.167. The Morgan fingerprint density at radius 2 is 1.87 bits per heavy atom. The first kappa shape index (κ1) is 13.2. The van der Waals surface area contributed by atoms with E-state index in [1.165, 1.54) is 0 Å². The summed E-state index contributed by atoms with van der Waals surface area (Å²) in [5.74, 6) is -2.47. The van der Waals surface area contributed by atoms with Gasteiger partial charge in [-0.1, -0.05) is 6.58 Å². The van der Waals surface area contributed by atoms with Gasteiger partial charge in [-0.3, -0.25) is 4.79 Å². The molecule has 1 N–H and O–H groups in total. The van der Waals surface area contributed by atoms with Crippen molar-refractivity contribution in [1.82, 2.24) is 5.32 Å². The molecule has 0 rings (SSSR count). The lowest BCUT2D eigenvalue weighted by Crippen LogP contribution is -2.28. The molecule has 0 fully saturated rings. The molecule has 6 nitrogen and oxygen atoms in total. The quantitative estimate of drug-likeness (QED) is 0.286. The van der Waals surface area contributed by atoms with Crippen molar-refractivity contribution in [3.8, 4) is 0 Å². The fraction of sp³-hybridized carbons (Fsp3) is 0.444. The van der Waals surface area contributed by atoms with Crippen molar-refractivity contribution in [2.24, 2.45) is 0 Å². The second kappa shape index (κ2) is 7.54. The smallest absolute Gasteiger partial charge is 0.417 e. The van der Waals surface area contributed by atoms with Crippen LogP contribution in [-0.2, 0) is 23.9 Å². The summed E-state index contributed by atoms with van der Waals surface area (Å²) in [7, 11) is 0. The zero-order valence-corrected chi connectivity index (χ0v) is 8.45. The minimum Gasteiger partial charge on any atom is -0.458 e. The predicted octanol–water partition coefficient (Wildman–Crippen LogP) is -0.605. The van der Waals surface area contributed by atoms with E-state index >= 15 is 0 Å². The molecule has 0 aromatic heterocycles. The fourth-order valence-electron chi connectivity index (χ4n) is 0.639. The topological polar surface area (TPSA) is 81.7 Å². The Balaban J connectivity index is 3.59. The van der Waals surface area contributed by atoms with Crippen molar-refractivity contribution in [2.75, 3.05) is 19.8 Å². The maximum atomic E-state index is 10.8. The summed E-state index contributed by atoms with van der Waals surface area (Å²) in [6.07, 6.45) is 1.09. The van der Waals surface area contributed by atoms with Gasteiger partial charge in [-0.2, -0.15) is 0 Å². The van der Waals surface area contributed by atoms with E-state index in [1.54, 1.807) is 6.92 Å². The van der Waals surface area contributed by atoms with Gasteiger partial charge in [0, 0.05) is 0 Å². The summed E-state index contributed by atoms with van der Waals surface area (Å²) in [4.78, 5) is 32.2. The second-order valence-electron chi connectivity index (χ2n) is 2.35. The molecule has 0 aromatic carbocycles. The van der Waals surface area contributed by atoms with Crippen molar-refractivity contribution in [2.45, 2.75) is 6.92 Å². The van der Waals surface area contributed by atoms with Gasteiger partial charge >= 0.3 is 11.9 Å². The zero-order valence-electron chi connectivity index (χ0n) is 8.45. The van der Waals surface area contributed by atoms with E-state index in [9.17, 15) is 14.4 Å². The molecule has 0 aliphatic heterocycles. The molecule has 0 spiro atoms. The molecule has 6 heteroatoms. The number of hydrogen-bond acceptors (Lipinski definition) is 5. The van der Waals surface area contributed by atoms with E-state index in [1.807, 2.05) is 0 Å². The average molecular weight is 215 g/mol. The maximum Gasteiger partial charge on any atom is 0.417 e. The second-order valence-corrected chi connectivity index (χ2v) is 2.35. The number of carbonyl (C=O) groups excluding carboxylic acids is 3. The molecule has 0 radical (unpaired) electrons. The Labute approximate surface area is 87.2 Å². The predicted molar refractivity (Wildman–Crippen MR) is 50.8 cm³/mol. The van der Waals surface area contributed by atoms with Crippen LogP contribution in [0, 0.1) is 0 Å². The highest BCUT2D eigenvalue weighted by Crippen LogP contribution is 1.84. The van der Waals surface area contributed by atoms with E-state index in [-0.39, 0.29) is 25.7 Å². The molecule has 0 bridgehead atoms. The van der Waals surface area contributed by atoms with Gasteiger partial charge in [0.05, 0.1) is 13.2 Å². The summed E-state index contributed by atoms with van der Waals surface area (Å²) in [6, 6.07) is 0. The van der Waals surface area contributed by atoms with E-state index in [2.05, 4.69) is 21.4 Å². The molecule has 0 aromatic rings. The Kier molecular flexibility index (Phi) is 6.61. The maximum absolute atomic E-state index is 10.8. The van der Waals surface area contributed by atoms with Gasteiger partial charge in [0.15, 0.2) is 0 Å². The number of rotatable bonds is 5. The van der Waals surface area contributed by atoms with E-state index in [4.69, 9.17) is 0 Å². The monoisotopic (exact) mass is 215 g/mol. The summed E-state index contributed by atoms with van der Waals surface area (Å²) in [6.45, 7) is 4.96. The lowest BCUT2D eigenvalue weighted by atomic mass is 10.5. The molecule has 0 aliphatic carbocycles. The number of amides is 1. The first-order chi connectivity index (χ1) is 7.11. The third-order valence-electron chi connectivity index (χ3n) is 1.26. The van der Waals surface area contributed by atoms with E-state index in [0.717, 1.165) is 6.08 Å². The van der Waals surface area contributed by atoms with Gasteiger partial charge in [-0.05, 0) is 13.0 Å². The van der Waals surface area contributed by atoms with Crippen LogP contribution in [0.1, 0.15) is 6.92 Å². The summed E-state index contributed by atoms with van der Waals surface area (Å²) < 4.78 is 8.87. The van der Waals surface area contributed by atoms with E-state index in [0.29, 0.717) is 0 Å². The average Bonchev–Trinajstić information content (AvgIpc) is 2.23. The standard InChI is InChI=1S/C9H13NO5/c1-3-7(11)10-5-6-15-9(13)8(12)14-4-2/h3H,1,4-6H2,2H3,(H,10,11). The normalized spacial score (nSPS) is 8.87. The number of hydrogen-bond donors (Lipinski definition) is 1. The van der Waals surface area contributed by atoms with Crippen LogP contribution in [0.2, 0.25) is 0 Å². The van der Waals surface area contributed by atoms with Crippen molar-refractivity contribution in [3.05, 3.63) is 12.7 Å². The number of esters is 2. The van der Waals surface area contributed by atoms with Crippen LogP contribution < -0.4 is 5.32 Å². The Morgan fingerprint density at radius 1 is 1.27 bits per heavy atom. The van der Waals surface area contributed by atoms with Gasteiger partial charge < -0.3 is 14.8 Å². The third kappa shape index (κ3) is 6.25. The van der Waals surface area contributed by atoms with Crippen LogP contribution >= 0.6 is 0 Å². The van der Waals surface area contributed by atoms with Gasteiger partial charge in [0.2, 0.25) is 5.91 Å². The van der Waals surface area contributed by atoms with E-state index < -0.39 is 11.9 Å². The molecular formula is C9H13NO5. The minimum atomic E-state index is -1.07. The van der Waals surface area contributed by atoms with Crippen LogP contribution in [0.15, 0.2) is 12.7 Å². The third-order valence-corrected chi connectivity index (χ3v) is 1.26. The largest absolute Gasteiger partial charge is 0.458 e. The van der Waals surface area contributed by atoms with Crippen LogP contribution in [0.3, 0.4) is 0 Å². The Hall–Kier alpha value is -1.85. The van der Waals surface area contributed by atoms with Gasteiger partial charge in [-0.25, -0.2) is 9.59 Å². The highest BCUT2D eigenvalue weighted by atomic mass is 16.6. The summed E-state index contributed by atoms with van der Waals surface area (Å²) in [5, 5.41) is 2.37. The van der Waals surface area contributed by atoms with Gasteiger partial charge in [-0.15, -0.1) is 0 Å². The van der Waals surface area contributed by atoms with Crippen molar-refractivity contribution >= 4 is 17.8 Å². The van der Waals surface area contributed by atoms with Crippen LogP contribution in [-0.4, -0.2) is 37.6 Å². The first-order valence-electron chi connectivity index (χ1n) is 4.36. The molecule has 0 heterocycles. The van der Waals surface area contributed by atoms with Crippen LogP contribution in [0.25, 0.3) is 0 Å². The zero-order chi connectivity index (χ0) is 11.7. The molecule has 1 amide bonds. The molecule has 15 heavy (non-hydrogen) atoms. The van der Waals surface area contributed by atoms with Crippen LogP contribution in [0.5, 0.6) is 0 Å². The molecular weight excluding hydrogens is 202 g/mol. The van der Waals surface area contributed by atoms with Gasteiger partial charge in [0.25, 0.3) is 0 Å². The van der Waals surface area contributed by atoms with Gasteiger partial charge in [0.1, 0.15) is 6.61 Å². The molecule has 84 valence electrons. The van der Waals surface area contributed by atoms with Crippen LogP contribution in [0.4, 0.5) is 0 Å². The SMILES string of the molecule is C=CC(=O)NCCOC(=O)C(=O)OCC. The lowest BCUT2D eigenvalue weighted by Gasteiger charge is -2.04. The highest BCUT2D eigenvalue weighted by molar-refractivity contribution is 6.29. The molecule has 0 saturated carbocycles. The number of nitrogens with one attached hydrogen (secondary N) is 1. The molecule has 0 unspecified atom stereocenters. The number of carbonyl (C=O) groups is 3. The molecule has 0 saturated heterocycles. The summed E-state index contributed by atoms with van der Waals surface area (Å²) >= 11 is 0. The minimum absolute atomic E-state index is 0.0861. The molecule has 0 aliphatic rings. The van der Waals surface area contributed by atoms with Crippen molar-refractivity contribution < 1.29 is 23.9 Å².